The van der Waals surface area contributed by atoms with Crippen molar-refractivity contribution in [1.82, 2.24) is 0 Å². The number of hydrogen-bond donors (Lipinski definition) is 0. The summed E-state index contributed by atoms with van der Waals surface area (Å²) < 4.78 is 0. The van der Waals surface area contributed by atoms with Gasteiger partial charge in [-0.05, 0) is 49.9 Å². The van der Waals surface area contributed by atoms with Crippen molar-refractivity contribution < 1.29 is 0 Å². The van der Waals surface area contributed by atoms with Gasteiger partial charge in [0.25, 0.3) is 0 Å². The molecule has 12 heavy (non-hydrogen) atoms. The standard InChI is InChI=1S/C12H20/c1-8(2)5-10-6-11(10)12(4)7-9(12)3/h5,9-11H,6-7H2,1-4H3. The Morgan fingerprint density at radius 2 is 2.00 bits per heavy atom. The molecule has 0 saturated heterocycles. The van der Waals surface area contributed by atoms with Crippen molar-refractivity contribution in [3.8, 4) is 0 Å². The first-order valence-electron chi connectivity index (χ1n) is 5.19. The largest absolute Gasteiger partial charge is 0.0825 e. The molecule has 0 radical (unpaired) electrons. The Morgan fingerprint density at radius 1 is 1.42 bits per heavy atom. The van der Waals surface area contributed by atoms with Crippen LogP contribution < -0.4 is 0 Å². The zero-order valence-electron chi connectivity index (χ0n) is 8.72. The number of hydrogen-bond acceptors (Lipinski definition) is 0. The van der Waals surface area contributed by atoms with Crippen LogP contribution in [0.4, 0.5) is 0 Å². The summed E-state index contributed by atoms with van der Waals surface area (Å²) >= 11 is 0. The van der Waals surface area contributed by atoms with Gasteiger partial charge in [-0.25, -0.2) is 0 Å². The number of allylic oxidation sites excluding steroid dienone is 2. The van der Waals surface area contributed by atoms with Gasteiger partial charge in [0.05, 0.1) is 0 Å². The van der Waals surface area contributed by atoms with Crippen LogP contribution in [0.2, 0.25) is 0 Å². The molecule has 0 heteroatoms. The van der Waals surface area contributed by atoms with Crippen molar-refractivity contribution in [3.63, 3.8) is 0 Å². The van der Waals surface area contributed by atoms with Gasteiger partial charge in [0.2, 0.25) is 0 Å². The molecule has 0 bridgehead atoms. The van der Waals surface area contributed by atoms with Crippen molar-refractivity contribution in [2.45, 2.75) is 40.5 Å². The van der Waals surface area contributed by atoms with Crippen LogP contribution in [0.5, 0.6) is 0 Å². The average molecular weight is 164 g/mol. The fourth-order valence-corrected chi connectivity index (χ4v) is 2.70. The van der Waals surface area contributed by atoms with Crippen LogP contribution in [0.1, 0.15) is 40.5 Å². The van der Waals surface area contributed by atoms with E-state index in [9.17, 15) is 0 Å². The van der Waals surface area contributed by atoms with E-state index in [1.54, 1.807) is 0 Å². The summed E-state index contributed by atoms with van der Waals surface area (Å²) in [5.74, 6) is 2.96. The Kier molecular flexibility index (Phi) is 1.65. The van der Waals surface area contributed by atoms with Crippen LogP contribution >= 0.6 is 0 Å². The van der Waals surface area contributed by atoms with Crippen molar-refractivity contribution in [2.24, 2.45) is 23.2 Å². The highest BCUT2D eigenvalue weighted by molar-refractivity contribution is 5.16. The lowest BCUT2D eigenvalue weighted by atomic mass is 9.98. The molecule has 0 aromatic rings. The van der Waals surface area contributed by atoms with Gasteiger partial charge in [-0.1, -0.05) is 25.5 Å². The van der Waals surface area contributed by atoms with Crippen LogP contribution in [0.25, 0.3) is 0 Å². The smallest absolute Gasteiger partial charge is 0.0194 e. The Bertz CT molecular complexity index is 222. The minimum atomic E-state index is 0.733. The minimum absolute atomic E-state index is 0.733. The minimum Gasteiger partial charge on any atom is -0.0825 e. The third-order valence-corrected chi connectivity index (χ3v) is 3.95. The molecule has 2 rings (SSSR count). The van der Waals surface area contributed by atoms with Crippen molar-refractivity contribution in [3.05, 3.63) is 11.6 Å². The summed E-state index contributed by atoms with van der Waals surface area (Å²) in [6, 6.07) is 0. The highest BCUT2D eigenvalue weighted by Gasteiger charge is 2.59. The monoisotopic (exact) mass is 164 g/mol. The summed E-state index contributed by atoms with van der Waals surface area (Å²) in [7, 11) is 0. The first-order chi connectivity index (χ1) is 5.54. The highest BCUT2D eigenvalue weighted by atomic mass is 14.6. The third kappa shape index (κ3) is 1.22. The fourth-order valence-electron chi connectivity index (χ4n) is 2.70. The Balaban J connectivity index is 1.93. The van der Waals surface area contributed by atoms with E-state index in [-0.39, 0.29) is 0 Å². The molecule has 0 aromatic heterocycles. The zero-order valence-corrected chi connectivity index (χ0v) is 8.72. The molecule has 2 fully saturated rings. The van der Waals surface area contributed by atoms with Gasteiger partial charge < -0.3 is 0 Å². The molecule has 0 spiro atoms. The molecule has 0 nitrogen and oxygen atoms in total. The molecule has 0 heterocycles. The normalized spacial score (nSPS) is 50.2. The summed E-state index contributed by atoms with van der Waals surface area (Å²) in [5.41, 5.74) is 2.23. The summed E-state index contributed by atoms with van der Waals surface area (Å²) in [6.45, 7) is 9.31. The summed E-state index contributed by atoms with van der Waals surface area (Å²) in [4.78, 5) is 0. The second kappa shape index (κ2) is 2.37. The maximum absolute atomic E-state index is 2.47. The van der Waals surface area contributed by atoms with Crippen molar-refractivity contribution >= 4 is 0 Å². The molecular weight excluding hydrogens is 144 g/mol. The predicted octanol–water partition coefficient (Wildman–Crippen LogP) is 3.63. The lowest BCUT2D eigenvalue weighted by Crippen LogP contribution is -2.00. The van der Waals surface area contributed by atoms with Gasteiger partial charge in [0, 0.05) is 0 Å². The first-order valence-corrected chi connectivity index (χ1v) is 5.19. The topological polar surface area (TPSA) is 0 Å². The van der Waals surface area contributed by atoms with E-state index >= 15 is 0 Å². The van der Waals surface area contributed by atoms with Gasteiger partial charge in [-0.2, -0.15) is 0 Å². The fraction of sp³-hybridized carbons (Fsp3) is 0.833. The van der Waals surface area contributed by atoms with E-state index < -0.39 is 0 Å². The lowest BCUT2D eigenvalue weighted by Gasteiger charge is -2.06. The van der Waals surface area contributed by atoms with Gasteiger partial charge in [0.15, 0.2) is 0 Å². The van der Waals surface area contributed by atoms with E-state index in [1.807, 2.05) is 0 Å². The van der Waals surface area contributed by atoms with Crippen LogP contribution in [-0.4, -0.2) is 0 Å². The van der Waals surface area contributed by atoms with Crippen molar-refractivity contribution in [1.29, 1.82) is 0 Å². The van der Waals surface area contributed by atoms with E-state index in [2.05, 4.69) is 33.8 Å². The van der Waals surface area contributed by atoms with Gasteiger partial charge in [-0.3, -0.25) is 0 Å². The molecule has 2 aliphatic rings. The summed E-state index contributed by atoms with van der Waals surface area (Å²) in [6.07, 6.45) is 5.41. The van der Waals surface area contributed by atoms with Gasteiger partial charge in [-0.15, -0.1) is 0 Å². The Morgan fingerprint density at radius 3 is 2.42 bits per heavy atom. The van der Waals surface area contributed by atoms with E-state index in [0.717, 1.165) is 23.2 Å². The summed E-state index contributed by atoms with van der Waals surface area (Å²) in [5, 5.41) is 0. The Hall–Kier alpha value is -0.260. The molecule has 4 atom stereocenters. The molecule has 0 amide bonds. The quantitative estimate of drug-likeness (QED) is 0.547. The third-order valence-electron chi connectivity index (χ3n) is 3.95. The molecule has 0 aromatic carbocycles. The molecule has 0 aliphatic heterocycles. The van der Waals surface area contributed by atoms with E-state index in [0.29, 0.717) is 0 Å². The van der Waals surface area contributed by atoms with Gasteiger partial charge >= 0.3 is 0 Å². The SMILES string of the molecule is CC(C)=CC1CC1C1(C)CC1C. The maximum atomic E-state index is 2.47. The van der Waals surface area contributed by atoms with Crippen LogP contribution in [-0.2, 0) is 0 Å². The molecule has 68 valence electrons. The molecule has 4 unspecified atom stereocenters. The predicted molar refractivity (Wildman–Crippen MR) is 52.9 cm³/mol. The van der Waals surface area contributed by atoms with E-state index in [4.69, 9.17) is 0 Å². The van der Waals surface area contributed by atoms with E-state index in [1.165, 1.54) is 18.4 Å². The second-order valence-corrected chi connectivity index (χ2v) is 5.36. The first kappa shape index (κ1) is 8.34. The maximum Gasteiger partial charge on any atom is -0.0194 e. The molecule has 0 N–H and O–H groups in total. The van der Waals surface area contributed by atoms with Crippen molar-refractivity contribution in [2.75, 3.05) is 0 Å². The lowest BCUT2D eigenvalue weighted by molar-refractivity contribution is 0.434. The van der Waals surface area contributed by atoms with Crippen LogP contribution in [0.15, 0.2) is 11.6 Å². The van der Waals surface area contributed by atoms with Crippen LogP contribution in [0, 0.1) is 23.2 Å². The molecule has 2 aliphatic carbocycles. The highest BCUT2D eigenvalue weighted by Crippen LogP contribution is 2.67. The zero-order chi connectivity index (χ0) is 8.93. The van der Waals surface area contributed by atoms with Crippen LogP contribution in [0.3, 0.4) is 0 Å². The number of rotatable bonds is 2. The Labute approximate surface area is 76.1 Å². The second-order valence-electron chi connectivity index (χ2n) is 5.36. The van der Waals surface area contributed by atoms with Gasteiger partial charge in [0.1, 0.15) is 0 Å². The molecular formula is C12H20. The molecule has 2 saturated carbocycles. The average Bonchev–Trinajstić information content (AvgIpc) is 2.75.